The van der Waals surface area contributed by atoms with Crippen LogP contribution < -0.4 is 5.32 Å². The molecule has 1 atom stereocenters. The third-order valence-corrected chi connectivity index (χ3v) is 3.87. The maximum atomic E-state index is 12.2. The molecule has 0 aliphatic carbocycles. The van der Waals surface area contributed by atoms with Crippen LogP contribution in [0.2, 0.25) is 0 Å². The summed E-state index contributed by atoms with van der Waals surface area (Å²) in [7, 11) is 1.61. The van der Waals surface area contributed by atoms with Gasteiger partial charge in [0.15, 0.2) is 0 Å². The first-order valence-electron chi connectivity index (χ1n) is 7.35. The quantitative estimate of drug-likeness (QED) is 0.819. The Hall–Kier alpha value is -2.08. The molecular formula is C16H22N2O4. The minimum atomic E-state index is -0.180. The zero-order chi connectivity index (χ0) is 16.1. The molecule has 2 amide bonds. The third-order valence-electron chi connectivity index (χ3n) is 3.87. The Labute approximate surface area is 130 Å². The van der Waals surface area contributed by atoms with Gasteiger partial charge < -0.3 is 20.1 Å². The normalized spacial score (nSPS) is 17.8. The number of phenolic OH excluding ortho intramolecular Hbond substituents is 1. The van der Waals surface area contributed by atoms with Crippen molar-refractivity contribution < 1.29 is 19.4 Å². The van der Waals surface area contributed by atoms with Gasteiger partial charge in [0.05, 0.1) is 6.61 Å². The summed E-state index contributed by atoms with van der Waals surface area (Å²) in [6.07, 6.45) is 0.457. The Morgan fingerprint density at radius 2 is 2.27 bits per heavy atom. The summed E-state index contributed by atoms with van der Waals surface area (Å²) in [5.74, 6) is 0.201. The molecule has 1 unspecified atom stereocenters. The molecule has 120 valence electrons. The zero-order valence-electron chi connectivity index (χ0n) is 13.0. The fourth-order valence-electron chi connectivity index (χ4n) is 2.64. The maximum Gasteiger partial charge on any atom is 0.251 e. The summed E-state index contributed by atoms with van der Waals surface area (Å²) in [5.41, 5.74) is 1.26. The Balaban J connectivity index is 1.85. The van der Waals surface area contributed by atoms with Crippen LogP contribution in [0.25, 0.3) is 0 Å². The molecule has 1 aliphatic heterocycles. The Morgan fingerprint density at radius 1 is 1.50 bits per heavy atom. The number of nitrogens with one attached hydrogen (secondary N) is 1. The van der Waals surface area contributed by atoms with E-state index in [9.17, 15) is 14.7 Å². The van der Waals surface area contributed by atoms with Crippen molar-refractivity contribution in [2.45, 2.75) is 13.3 Å². The topological polar surface area (TPSA) is 78.9 Å². The number of benzene rings is 1. The van der Waals surface area contributed by atoms with Crippen molar-refractivity contribution in [3.8, 4) is 5.75 Å². The standard InChI is InChI=1S/C16H22N2O4/c1-11-7-13(19)3-4-14(11)16(21)17-9-12-8-15(20)18(10-12)5-6-22-2/h3-4,7,12,19H,5-6,8-10H2,1-2H3,(H,17,21). The van der Waals surface area contributed by atoms with E-state index in [0.717, 1.165) is 5.56 Å². The van der Waals surface area contributed by atoms with Crippen molar-refractivity contribution in [1.29, 1.82) is 0 Å². The molecule has 6 nitrogen and oxygen atoms in total. The lowest BCUT2D eigenvalue weighted by Gasteiger charge is -2.16. The van der Waals surface area contributed by atoms with Crippen LogP contribution in [0.3, 0.4) is 0 Å². The highest BCUT2D eigenvalue weighted by molar-refractivity contribution is 5.95. The number of nitrogens with zero attached hydrogens (tertiary/aromatic N) is 1. The smallest absolute Gasteiger partial charge is 0.251 e. The molecule has 2 N–H and O–H groups in total. The summed E-state index contributed by atoms with van der Waals surface area (Å²) in [5, 5.41) is 12.2. The van der Waals surface area contributed by atoms with Gasteiger partial charge in [-0.1, -0.05) is 0 Å². The second-order valence-corrected chi connectivity index (χ2v) is 5.61. The van der Waals surface area contributed by atoms with Crippen LogP contribution in [0.4, 0.5) is 0 Å². The highest BCUT2D eigenvalue weighted by Gasteiger charge is 2.29. The fraction of sp³-hybridized carbons (Fsp3) is 0.500. The number of likely N-dealkylation sites (tertiary alicyclic amines) is 1. The summed E-state index contributed by atoms with van der Waals surface area (Å²) < 4.78 is 4.98. The predicted octanol–water partition coefficient (Wildman–Crippen LogP) is 0.925. The number of aromatic hydroxyl groups is 1. The van der Waals surface area contributed by atoms with Gasteiger partial charge in [-0.2, -0.15) is 0 Å². The SMILES string of the molecule is COCCN1CC(CNC(=O)c2ccc(O)cc2C)CC1=O. The molecule has 1 heterocycles. The highest BCUT2D eigenvalue weighted by atomic mass is 16.5. The second kappa shape index (κ2) is 7.26. The van der Waals surface area contributed by atoms with Crippen molar-refractivity contribution in [3.05, 3.63) is 29.3 Å². The third kappa shape index (κ3) is 3.98. The number of carbonyl (C=O) groups is 2. The molecular weight excluding hydrogens is 284 g/mol. The molecule has 1 saturated heterocycles. The Bertz CT molecular complexity index is 559. The van der Waals surface area contributed by atoms with Crippen LogP contribution in [0.5, 0.6) is 5.75 Å². The number of methoxy groups -OCH3 is 1. The van der Waals surface area contributed by atoms with Crippen LogP contribution in [0.1, 0.15) is 22.3 Å². The van der Waals surface area contributed by atoms with E-state index in [1.54, 1.807) is 31.1 Å². The van der Waals surface area contributed by atoms with Crippen LogP contribution >= 0.6 is 0 Å². The molecule has 22 heavy (non-hydrogen) atoms. The largest absolute Gasteiger partial charge is 0.508 e. The van der Waals surface area contributed by atoms with Gasteiger partial charge in [0.1, 0.15) is 5.75 Å². The zero-order valence-corrected chi connectivity index (χ0v) is 13.0. The van der Waals surface area contributed by atoms with E-state index in [2.05, 4.69) is 5.32 Å². The van der Waals surface area contributed by atoms with Crippen LogP contribution in [-0.2, 0) is 9.53 Å². The lowest BCUT2D eigenvalue weighted by atomic mass is 10.1. The summed E-state index contributed by atoms with van der Waals surface area (Å²) in [4.78, 5) is 25.8. The number of phenols is 1. The first-order chi connectivity index (χ1) is 10.5. The van der Waals surface area contributed by atoms with E-state index in [1.165, 1.54) is 6.07 Å². The average Bonchev–Trinajstić information content (AvgIpc) is 2.83. The maximum absolute atomic E-state index is 12.2. The van der Waals surface area contributed by atoms with Gasteiger partial charge in [-0.25, -0.2) is 0 Å². The summed E-state index contributed by atoms with van der Waals surface area (Å²) >= 11 is 0. The predicted molar refractivity (Wildman–Crippen MR) is 81.7 cm³/mol. The van der Waals surface area contributed by atoms with Crippen LogP contribution in [0.15, 0.2) is 18.2 Å². The number of rotatable bonds is 6. The molecule has 2 rings (SSSR count). The number of carbonyl (C=O) groups excluding carboxylic acids is 2. The Morgan fingerprint density at radius 3 is 2.95 bits per heavy atom. The number of hydrogen-bond donors (Lipinski definition) is 2. The van der Waals surface area contributed by atoms with Gasteiger partial charge in [-0.3, -0.25) is 9.59 Å². The van der Waals surface area contributed by atoms with Gasteiger partial charge in [0.2, 0.25) is 5.91 Å². The molecule has 6 heteroatoms. The monoisotopic (exact) mass is 306 g/mol. The minimum absolute atomic E-state index is 0.108. The lowest BCUT2D eigenvalue weighted by Crippen LogP contribution is -2.32. The van der Waals surface area contributed by atoms with E-state index in [4.69, 9.17) is 4.74 Å². The lowest BCUT2D eigenvalue weighted by molar-refractivity contribution is -0.128. The first kappa shape index (κ1) is 16.3. The second-order valence-electron chi connectivity index (χ2n) is 5.61. The number of hydrogen-bond acceptors (Lipinski definition) is 4. The van der Waals surface area contributed by atoms with Gasteiger partial charge >= 0.3 is 0 Å². The van der Waals surface area contributed by atoms with Crippen LogP contribution in [-0.4, -0.2) is 55.2 Å². The number of ether oxygens (including phenoxy) is 1. The van der Waals surface area contributed by atoms with E-state index >= 15 is 0 Å². The molecule has 0 saturated carbocycles. The summed E-state index contributed by atoms with van der Waals surface area (Å²) in [6.45, 7) is 4.01. The van der Waals surface area contributed by atoms with E-state index in [-0.39, 0.29) is 23.5 Å². The molecule has 1 aromatic carbocycles. The van der Waals surface area contributed by atoms with Gasteiger partial charge in [0.25, 0.3) is 5.91 Å². The summed E-state index contributed by atoms with van der Waals surface area (Å²) in [6, 6.07) is 4.65. The van der Waals surface area contributed by atoms with Crippen molar-refractivity contribution in [2.75, 3.05) is 33.4 Å². The van der Waals surface area contributed by atoms with E-state index in [1.807, 2.05) is 0 Å². The average molecular weight is 306 g/mol. The van der Waals surface area contributed by atoms with E-state index in [0.29, 0.717) is 38.2 Å². The van der Waals surface area contributed by atoms with Crippen molar-refractivity contribution in [1.82, 2.24) is 10.2 Å². The van der Waals surface area contributed by atoms with Crippen molar-refractivity contribution >= 4 is 11.8 Å². The van der Waals surface area contributed by atoms with E-state index < -0.39 is 0 Å². The molecule has 0 spiro atoms. The molecule has 0 radical (unpaired) electrons. The molecule has 1 aliphatic rings. The van der Waals surface area contributed by atoms with Gasteiger partial charge in [0, 0.05) is 44.6 Å². The van der Waals surface area contributed by atoms with Gasteiger partial charge in [-0.05, 0) is 30.7 Å². The van der Waals surface area contributed by atoms with Crippen molar-refractivity contribution in [3.63, 3.8) is 0 Å². The number of aryl methyl sites for hydroxylation is 1. The van der Waals surface area contributed by atoms with Crippen molar-refractivity contribution in [2.24, 2.45) is 5.92 Å². The molecule has 1 aromatic rings. The fourth-order valence-corrected chi connectivity index (χ4v) is 2.64. The van der Waals surface area contributed by atoms with Crippen LogP contribution in [0, 0.1) is 12.8 Å². The minimum Gasteiger partial charge on any atom is -0.508 e. The Kier molecular flexibility index (Phi) is 5.38. The highest BCUT2D eigenvalue weighted by Crippen LogP contribution is 2.18. The van der Waals surface area contributed by atoms with Gasteiger partial charge in [-0.15, -0.1) is 0 Å². The number of amides is 2. The molecule has 1 fully saturated rings. The first-order valence-corrected chi connectivity index (χ1v) is 7.35. The molecule has 0 bridgehead atoms. The molecule has 0 aromatic heterocycles.